The quantitative estimate of drug-likeness (QED) is 0.740. The molecular formula is C16H23N3O4S. The Morgan fingerprint density at radius 2 is 1.79 bits per heavy atom. The van der Waals surface area contributed by atoms with E-state index < -0.39 is 27.4 Å². The van der Waals surface area contributed by atoms with E-state index in [4.69, 9.17) is 5.73 Å². The van der Waals surface area contributed by atoms with E-state index in [9.17, 15) is 18.0 Å². The molecule has 0 spiro atoms. The van der Waals surface area contributed by atoms with Crippen LogP contribution in [0.25, 0.3) is 0 Å². The van der Waals surface area contributed by atoms with Crippen LogP contribution in [-0.2, 0) is 10.0 Å². The Balaban J connectivity index is 2.38. The Kier molecular flexibility index (Phi) is 4.85. The highest BCUT2D eigenvalue weighted by Crippen LogP contribution is 2.26. The van der Waals surface area contributed by atoms with Gasteiger partial charge in [-0.2, -0.15) is 0 Å². The summed E-state index contributed by atoms with van der Waals surface area (Å²) in [5, 5.41) is 0. The van der Waals surface area contributed by atoms with Crippen LogP contribution >= 0.6 is 0 Å². The van der Waals surface area contributed by atoms with E-state index >= 15 is 0 Å². The van der Waals surface area contributed by atoms with Crippen molar-refractivity contribution in [3.63, 3.8) is 0 Å². The van der Waals surface area contributed by atoms with E-state index in [1.165, 1.54) is 25.2 Å². The smallest absolute Gasteiger partial charge is 0.261 e. The van der Waals surface area contributed by atoms with E-state index in [0.717, 1.165) is 4.90 Å². The zero-order valence-corrected chi connectivity index (χ0v) is 15.1. The molecule has 2 rings (SSSR count). The number of hydrogen-bond acceptors (Lipinski definition) is 5. The Labute approximate surface area is 142 Å². The molecule has 3 N–H and O–H groups in total. The maximum absolute atomic E-state index is 12.7. The molecule has 1 aliphatic rings. The minimum Gasteiger partial charge on any atom is -0.329 e. The van der Waals surface area contributed by atoms with Crippen LogP contribution in [0, 0.1) is 5.92 Å². The highest BCUT2D eigenvalue weighted by atomic mass is 32.2. The molecule has 0 saturated carbocycles. The summed E-state index contributed by atoms with van der Waals surface area (Å²) in [6.07, 6.45) is 0.577. The lowest BCUT2D eigenvalue weighted by molar-refractivity contribution is 0.0693. The molecule has 0 aromatic heterocycles. The largest absolute Gasteiger partial charge is 0.329 e. The Bertz CT molecular complexity index is 789. The van der Waals surface area contributed by atoms with Crippen LogP contribution in [-0.4, -0.2) is 44.3 Å². The molecule has 1 aromatic carbocycles. The lowest BCUT2D eigenvalue weighted by atomic mass is 9.92. The van der Waals surface area contributed by atoms with Crippen LogP contribution in [0.5, 0.6) is 0 Å². The summed E-state index contributed by atoms with van der Waals surface area (Å²) in [6, 6.07) is 3.95. The van der Waals surface area contributed by atoms with E-state index in [2.05, 4.69) is 4.72 Å². The molecular weight excluding hydrogens is 330 g/mol. The monoisotopic (exact) mass is 353 g/mol. The molecule has 0 saturated heterocycles. The van der Waals surface area contributed by atoms with Crippen LogP contribution in [0.1, 0.15) is 47.9 Å². The number of sulfonamides is 1. The Morgan fingerprint density at radius 1 is 1.21 bits per heavy atom. The van der Waals surface area contributed by atoms with Gasteiger partial charge in [0.25, 0.3) is 11.8 Å². The van der Waals surface area contributed by atoms with Gasteiger partial charge >= 0.3 is 0 Å². The van der Waals surface area contributed by atoms with Crippen molar-refractivity contribution in [2.24, 2.45) is 11.7 Å². The lowest BCUT2D eigenvalue weighted by Crippen LogP contribution is -2.52. The fraction of sp³-hybridized carbons (Fsp3) is 0.500. The topological polar surface area (TPSA) is 110 Å². The molecule has 7 nitrogen and oxygen atoms in total. The molecule has 1 aliphatic heterocycles. The molecule has 0 fully saturated rings. The number of carbonyl (C=O) groups excluding carboxylic acids is 2. The summed E-state index contributed by atoms with van der Waals surface area (Å²) in [7, 11) is -2.50. The van der Waals surface area contributed by atoms with Gasteiger partial charge < -0.3 is 5.73 Å². The molecule has 0 radical (unpaired) electrons. The first kappa shape index (κ1) is 18.6. The number of fused-ring (bicyclic) bond motifs is 1. The third kappa shape index (κ3) is 3.35. The van der Waals surface area contributed by atoms with Crippen molar-refractivity contribution < 1.29 is 18.0 Å². The highest BCUT2D eigenvalue weighted by molar-refractivity contribution is 7.89. The van der Waals surface area contributed by atoms with Gasteiger partial charge in [0.2, 0.25) is 10.0 Å². The number of hydrogen-bond donors (Lipinski definition) is 2. The van der Waals surface area contributed by atoms with Crippen molar-refractivity contribution >= 4 is 21.8 Å². The molecule has 1 heterocycles. The molecule has 1 aromatic rings. The zero-order valence-electron chi connectivity index (χ0n) is 14.3. The SMILES string of the molecule is CC(C)CC(C)(CN)NS(=O)(=O)c1ccc2c(c1)C(=O)N(C)C2=O. The number of benzene rings is 1. The van der Waals surface area contributed by atoms with Crippen molar-refractivity contribution in [1.29, 1.82) is 0 Å². The summed E-state index contributed by atoms with van der Waals surface area (Å²) in [5.41, 5.74) is 5.28. The molecule has 0 bridgehead atoms. The average molecular weight is 353 g/mol. The molecule has 0 aliphatic carbocycles. The first-order valence-corrected chi connectivity index (χ1v) is 9.19. The first-order valence-electron chi connectivity index (χ1n) is 7.71. The normalized spacial score (nSPS) is 17.3. The molecule has 132 valence electrons. The van der Waals surface area contributed by atoms with Crippen LogP contribution in [0.3, 0.4) is 0 Å². The third-order valence-corrected chi connectivity index (χ3v) is 5.70. The summed E-state index contributed by atoms with van der Waals surface area (Å²) < 4.78 is 28.0. The standard InChI is InChI=1S/C16H23N3O4S/c1-10(2)8-16(3,9-17)18-24(22,23)11-5-6-12-13(7-11)15(21)19(4)14(12)20/h5-7,10,18H,8-9,17H2,1-4H3. The van der Waals surface area contributed by atoms with Crippen LogP contribution in [0.4, 0.5) is 0 Å². The Morgan fingerprint density at radius 3 is 2.33 bits per heavy atom. The van der Waals surface area contributed by atoms with Crippen molar-refractivity contribution in [1.82, 2.24) is 9.62 Å². The minimum atomic E-state index is -3.87. The summed E-state index contributed by atoms with van der Waals surface area (Å²) >= 11 is 0. The predicted octanol–water partition coefficient (Wildman–Crippen LogP) is 0.954. The van der Waals surface area contributed by atoms with Gasteiger partial charge in [0.1, 0.15) is 0 Å². The highest BCUT2D eigenvalue weighted by Gasteiger charge is 2.35. The van der Waals surface area contributed by atoms with E-state index in [1.54, 1.807) is 6.92 Å². The maximum Gasteiger partial charge on any atom is 0.261 e. The molecule has 8 heteroatoms. The number of imide groups is 1. The van der Waals surface area contributed by atoms with E-state index in [1.807, 2.05) is 13.8 Å². The number of carbonyl (C=O) groups is 2. The van der Waals surface area contributed by atoms with Crippen LogP contribution in [0.2, 0.25) is 0 Å². The molecule has 1 atom stereocenters. The van der Waals surface area contributed by atoms with E-state index in [0.29, 0.717) is 6.42 Å². The second-order valence-corrected chi connectivity index (χ2v) is 8.53. The van der Waals surface area contributed by atoms with Gasteiger partial charge in [0.05, 0.1) is 16.0 Å². The van der Waals surface area contributed by atoms with Crippen molar-refractivity contribution in [2.75, 3.05) is 13.6 Å². The molecule has 1 unspecified atom stereocenters. The number of nitrogens with zero attached hydrogens (tertiary/aromatic N) is 1. The van der Waals surface area contributed by atoms with Gasteiger partial charge in [0.15, 0.2) is 0 Å². The van der Waals surface area contributed by atoms with Gasteiger partial charge in [0, 0.05) is 19.1 Å². The fourth-order valence-corrected chi connectivity index (χ4v) is 4.41. The summed E-state index contributed by atoms with van der Waals surface area (Å²) in [4.78, 5) is 24.8. The summed E-state index contributed by atoms with van der Waals surface area (Å²) in [6.45, 7) is 5.87. The average Bonchev–Trinajstić information content (AvgIpc) is 2.70. The van der Waals surface area contributed by atoms with Gasteiger partial charge in [-0.3, -0.25) is 14.5 Å². The minimum absolute atomic E-state index is 0.0545. The Hall–Kier alpha value is -1.77. The van der Waals surface area contributed by atoms with Crippen LogP contribution < -0.4 is 10.5 Å². The second-order valence-electron chi connectivity index (χ2n) is 6.84. The zero-order chi connectivity index (χ0) is 18.3. The third-order valence-electron chi connectivity index (χ3n) is 4.06. The van der Waals surface area contributed by atoms with Gasteiger partial charge in [-0.05, 0) is 37.5 Å². The van der Waals surface area contributed by atoms with Crippen molar-refractivity contribution in [3.8, 4) is 0 Å². The lowest BCUT2D eigenvalue weighted by Gasteiger charge is -2.30. The van der Waals surface area contributed by atoms with Crippen molar-refractivity contribution in [2.45, 2.75) is 37.6 Å². The fourth-order valence-electron chi connectivity index (χ4n) is 2.96. The first-order chi connectivity index (χ1) is 11.0. The number of nitrogens with two attached hydrogens (primary N) is 1. The molecule has 24 heavy (non-hydrogen) atoms. The number of nitrogens with one attached hydrogen (secondary N) is 1. The summed E-state index contributed by atoms with van der Waals surface area (Å²) in [5.74, 6) is -0.677. The van der Waals surface area contributed by atoms with Gasteiger partial charge in [-0.15, -0.1) is 0 Å². The second kappa shape index (κ2) is 6.27. The molecule has 2 amide bonds. The number of rotatable bonds is 6. The van der Waals surface area contributed by atoms with E-state index in [-0.39, 0.29) is 28.5 Å². The van der Waals surface area contributed by atoms with Gasteiger partial charge in [-0.25, -0.2) is 13.1 Å². The van der Waals surface area contributed by atoms with Crippen molar-refractivity contribution in [3.05, 3.63) is 29.3 Å². The predicted molar refractivity (Wildman–Crippen MR) is 90.1 cm³/mol. The van der Waals surface area contributed by atoms with Gasteiger partial charge in [-0.1, -0.05) is 13.8 Å². The maximum atomic E-state index is 12.7. The van der Waals surface area contributed by atoms with Crippen LogP contribution in [0.15, 0.2) is 23.1 Å². The number of amides is 2.